The Morgan fingerprint density at radius 3 is 3.10 bits per heavy atom. The first-order valence-electron chi connectivity index (χ1n) is 6.49. The molecule has 21 heavy (non-hydrogen) atoms. The van der Waals surface area contributed by atoms with Crippen LogP contribution < -0.4 is 0 Å². The molecule has 1 unspecified atom stereocenters. The second-order valence-electron chi connectivity index (χ2n) is 4.71. The molecule has 2 aromatic rings. The van der Waals surface area contributed by atoms with Crippen molar-refractivity contribution in [2.45, 2.75) is 19.5 Å². The molecule has 0 N–H and O–H groups in total. The molecule has 2 aromatic heterocycles. The summed E-state index contributed by atoms with van der Waals surface area (Å²) in [6, 6.07) is -0.317. The number of rotatable bonds is 3. The van der Waals surface area contributed by atoms with Crippen molar-refractivity contribution in [3.8, 4) is 0 Å². The number of morpholine rings is 1. The normalized spacial score (nSPS) is 19.0. The predicted octanol–water partition coefficient (Wildman–Crippen LogP) is 0.937. The Morgan fingerprint density at radius 1 is 1.57 bits per heavy atom. The number of halogens is 1. The van der Waals surface area contributed by atoms with Crippen LogP contribution in [0.5, 0.6) is 0 Å². The second kappa shape index (κ2) is 5.94. The van der Waals surface area contributed by atoms with Crippen molar-refractivity contribution in [1.82, 2.24) is 24.8 Å². The van der Waals surface area contributed by atoms with E-state index >= 15 is 0 Å². The number of hydrogen-bond acceptors (Lipinski definition) is 6. The lowest BCUT2D eigenvalue weighted by atomic mass is 10.2. The van der Waals surface area contributed by atoms with Gasteiger partial charge in [0.15, 0.2) is 5.82 Å². The van der Waals surface area contributed by atoms with Gasteiger partial charge in [0.1, 0.15) is 12.6 Å². The highest BCUT2D eigenvalue weighted by molar-refractivity contribution is 9.10. The Morgan fingerprint density at radius 2 is 2.43 bits per heavy atom. The van der Waals surface area contributed by atoms with Crippen LogP contribution in [-0.4, -0.2) is 50.5 Å². The summed E-state index contributed by atoms with van der Waals surface area (Å²) in [6.45, 7) is 3.25. The van der Waals surface area contributed by atoms with E-state index in [1.54, 1.807) is 28.9 Å². The molecular weight excluding hydrogens is 342 g/mol. The minimum atomic E-state index is -0.317. The zero-order valence-corrected chi connectivity index (χ0v) is 13.0. The van der Waals surface area contributed by atoms with E-state index in [0.717, 1.165) is 4.47 Å². The summed E-state index contributed by atoms with van der Waals surface area (Å²) in [7, 11) is 0. The van der Waals surface area contributed by atoms with E-state index in [-0.39, 0.29) is 18.5 Å². The average molecular weight is 356 g/mol. The van der Waals surface area contributed by atoms with E-state index < -0.39 is 0 Å². The van der Waals surface area contributed by atoms with Gasteiger partial charge in [-0.2, -0.15) is 10.1 Å². The van der Waals surface area contributed by atoms with E-state index in [0.29, 0.717) is 31.5 Å². The molecule has 8 nitrogen and oxygen atoms in total. The molecule has 1 atom stereocenters. The maximum absolute atomic E-state index is 12.5. The first-order valence-corrected chi connectivity index (χ1v) is 7.28. The fraction of sp³-hybridized carbons (Fsp3) is 0.500. The third kappa shape index (κ3) is 3.13. The molecule has 3 heterocycles. The lowest BCUT2D eigenvalue weighted by Crippen LogP contribution is -2.45. The van der Waals surface area contributed by atoms with Crippen LogP contribution in [-0.2, 0) is 16.1 Å². The monoisotopic (exact) mass is 355 g/mol. The van der Waals surface area contributed by atoms with Crippen molar-refractivity contribution >= 4 is 21.8 Å². The standard InChI is InChI=1S/C12H14BrN5O3/c1-8-15-12(16-21-8)10-7-20-3-2-18(10)11(19)6-17-5-9(13)4-14-17/h4-5,10H,2-3,6-7H2,1H3. The van der Waals surface area contributed by atoms with Gasteiger partial charge in [0.2, 0.25) is 11.8 Å². The molecule has 1 saturated heterocycles. The van der Waals surface area contributed by atoms with E-state index in [2.05, 4.69) is 31.2 Å². The fourth-order valence-corrected chi connectivity index (χ4v) is 2.55. The Labute approximate surface area is 129 Å². The molecule has 1 aliphatic heterocycles. The zero-order valence-electron chi connectivity index (χ0n) is 11.4. The molecule has 0 aromatic carbocycles. The van der Waals surface area contributed by atoms with Crippen LogP contribution in [0.15, 0.2) is 21.4 Å². The van der Waals surface area contributed by atoms with E-state index in [4.69, 9.17) is 9.26 Å². The molecule has 0 bridgehead atoms. The minimum absolute atomic E-state index is 0.0543. The van der Waals surface area contributed by atoms with Gasteiger partial charge in [-0.15, -0.1) is 0 Å². The number of ether oxygens (including phenoxy) is 1. The number of nitrogens with zero attached hydrogens (tertiary/aromatic N) is 5. The molecule has 0 radical (unpaired) electrons. The average Bonchev–Trinajstić information content (AvgIpc) is 3.07. The molecule has 0 aliphatic carbocycles. The zero-order chi connectivity index (χ0) is 14.8. The summed E-state index contributed by atoms with van der Waals surface area (Å²) in [5, 5.41) is 7.99. The summed E-state index contributed by atoms with van der Waals surface area (Å²) in [5.74, 6) is 0.891. The van der Waals surface area contributed by atoms with Gasteiger partial charge in [-0.25, -0.2) is 0 Å². The second-order valence-corrected chi connectivity index (χ2v) is 5.62. The minimum Gasteiger partial charge on any atom is -0.377 e. The summed E-state index contributed by atoms with van der Waals surface area (Å²) in [6.07, 6.45) is 3.40. The Bertz CT molecular complexity index is 640. The first-order chi connectivity index (χ1) is 10.1. The SMILES string of the molecule is Cc1nc(C2COCCN2C(=O)Cn2cc(Br)cn2)no1. The third-order valence-corrected chi connectivity index (χ3v) is 3.60. The first kappa shape index (κ1) is 14.2. The molecule has 1 aliphatic rings. The largest absolute Gasteiger partial charge is 0.377 e. The van der Waals surface area contributed by atoms with Crippen LogP contribution >= 0.6 is 15.9 Å². The van der Waals surface area contributed by atoms with Crippen molar-refractivity contribution in [3.05, 3.63) is 28.6 Å². The van der Waals surface area contributed by atoms with Crippen LogP contribution in [0.1, 0.15) is 17.8 Å². The summed E-state index contributed by atoms with van der Waals surface area (Å²) >= 11 is 3.31. The maximum Gasteiger partial charge on any atom is 0.245 e. The van der Waals surface area contributed by atoms with Gasteiger partial charge in [0.05, 0.1) is 23.9 Å². The maximum atomic E-state index is 12.5. The highest BCUT2D eigenvalue weighted by Crippen LogP contribution is 2.22. The highest BCUT2D eigenvalue weighted by Gasteiger charge is 2.32. The lowest BCUT2D eigenvalue weighted by Gasteiger charge is -2.33. The number of aryl methyl sites for hydroxylation is 1. The van der Waals surface area contributed by atoms with Crippen molar-refractivity contribution in [3.63, 3.8) is 0 Å². The van der Waals surface area contributed by atoms with Crippen molar-refractivity contribution in [1.29, 1.82) is 0 Å². The van der Waals surface area contributed by atoms with Crippen LogP contribution in [0, 0.1) is 6.92 Å². The van der Waals surface area contributed by atoms with Gasteiger partial charge >= 0.3 is 0 Å². The Kier molecular flexibility index (Phi) is 4.02. The number of hydrogen-bond donors (Lipinski definition) is 0. The van der Waals surface area contributed by atoms with Crippen molar-refractivity contribution in [2.75, 3.05) is 19.8 Å². The number of aromatic nitrogens is 4. The Balaban J connectivity index is 1.75. The van der Waals surface area contributed by atoms with Crippen LogP contribution in [0.3, 0.4) is 0 Å². The van der Waals surface area contributed by atoms with Gasteiger partial charge in [0.25, 0.3) is 0 Å². The summed E-state index contributed by atoms with van der Waals surface area (Å²) < 4.78 is 12.8. The molecule has 0 saturated carbocycles. The quantitative estimate of drug-likeness (QED) is 0.814. The number of amides is 1. The predicted molar refractivity (Wildman–Crippen MR) is 74.2 cm³/mol. The van der Waals surface area contributed by atoms with Crippen LogP contribution in [0.4, 0.5) is 0 Å². The molecule has 112 valence electrons. The topological polar surface area (TPSA) is 86.3 Å². The Hall–Kier alpha value is -1.74. The molecule has 0 spiro atoms. The summed E-state index contributed by atoms with van der Waals surface area (Å²) in [4.78, 5) is 18.4. The van der Waals surface area contributed by atoms with Gasteiger partial charge in [-0.05, 0) is 15.9 Å². The molecule has 1 fully saturated rings. The van der Waals surface area contributed by atoms with Crippen molar-refractivity contribution in [2.24, 2.45) is 0 Å². The fourth-order valence-electron chi connectivity index (χ4n) is 2.22. The van der Waals surface area contributed by atoms with E-state index in [9.17, 15) is 4.79 Å². The number of carbonyl (C=O) groups is 1. The highest BCUT2D eigenvalue weighted by atomic mass is 79.9. The lowest BCUT2D eigenvalue weighted by molar-refractivity contribution is -0.141. The molecule has 1 amide bonds. The van der Waals surface area contributed by atoms with Gasteiger partial charge < -0.3 is 14.2 Å². The van der Waals surface area contributed by atoms with Gasteiger partial charge in [-0.1, -0.05) is 5.16 Å². The third-order valence-electron chi connectivity index (χ3n) is 3.19. The van der Waals surface area contributed by atoms with Crippen molar-refractivity contribution < 1.29 is 14.1 Å². The molecule has 3 rings (SSSR count). The van der Waals surface area contributed by atoms with Crippen LogP contribution in [0.25, 0.3) is 0 Å². The van der Waals surface area contributed by atoms with Gasteiger partial charge in [0, 0.05) is 19.7 Å². The summed E-state index contributed by atoms with van der Waals surface area (Å²) in [5.41, 5.74) is 0. The molecular formula is C12H14BrN5O3. The smallest absolute Gasteiger partial charge is 0.245 e. The van der Waals surface area contributed by atoms with Gasteiger partial charge in [-0.3, -0.25) is 9.48 Å². The van der Waals surface area contributed by atoms with Crippen LogP contribution in [0.2, 0.25) is 0 Å². The number of carbonyl (C=O) groups excluding carboxylic acids is 1. The molecule has 9 heteroatoms. The van der Waals surface area contributed by atoms with E-state index in [1.165, 1.54) is 0 Å². The van der Waals surface area contributed by atoms with E-state index in [1.807, 2.05) is 0 Å².